The van der Waals surface area contributed by atoms with Gasteiger partial charge in [-0.2, -0.15) is 0 Å². The molecule has 1 aliphatic rings. The Morgan fingerprint density at radius 1 is 1.47 bits per heavy atom. The molecule has 6 nitrogen and oxygen atoms in total. The zero-order valence-electron chi connectivity index (χ0n) is 10.4. The highest BCUT2D eigenvalue weighted by atomic mass is 16.3. The Balaban J connectivity index is 1.95. The summed E-state index contributed by atoms with van der Waals surface area (Å²) in [6.45, 7) is 5.06. The highest BCUT2D eigenvalue weighted by molar-refractivity contribution is 4.86. The van der Waals surface area contributed by atoms with E-state index in [1.165, 1.54) is 0 Å². The predicted molar refractivity (Wildman–Crippen MR) is 63.2 cm³/mol. The molecule has 1 unspecified atom stereocenters. The molecule has 1 fully saturated rings. The van der Waals surface area contributed by atoms with E-state index < -0.39 is 0 Å². The van der Waals surface area contributed by atoms with Crippen LogP contribution in [0.3, 0.4) is 0 Å². The van der Waals surface area contributed by atoms with Gasteiger partial charge < -0.3 is 5.11 Å². The molecule has 17 heavy (non-hydrogen) atoms. The minimum Gasteiger partial charge on any atom is -0.395 e. The van der Waals surface area contributed by atoms with Crippen LogP contribution < -0.4 is 0 Å². The van der Waals surface area contributed by atoms with Crippen molar-refractivity contribution in [1.29, 1.82) is 0 Å². The van der Waals surface area contributed by atoms with Crippen LogP contribution >= 0.6 is 0 Å². The second-order valence-electron chi connectivity index (χ2n) is 4.62. The van der Waals surface area contributed by atoms with E-state index in [0.717, 1.165) is 51.1 Å². The zero-order valence-corrected chi connectivity index (χ0v) is 10.4. The minimum absolute atomic E-state index is 0.233. The van der Waals surface area contributed by atoms with Gasteiger partial charge in [0, 0.05) is 12.6 Å². The molecule has 96 valence electrons. The van der Waals surface area contributed by atoms with Gasteiger partial charge in [0.25, 0.3) is 0 Å². The zero-order chi connectivity index (χ0) is 12.1. The number of aliphatic hydroxyl groups is 1. The second kappa shape index (κ2) is 6.07. The fraction of sp³-hybridized carbons (Fsp3) is 0.909. The third-order valence-corrected chi connectivity index (χ3v) is 3.38. The Kier molecular flexibility index (Phi) is 4.44. The lowest BCUT2D eigenvalue weighted by molar-refractivity contribution is 0.149. The third-order valence-electron chi connectivity index (χ3n) is 3.38. The number of hydrogen-bond donors (Lipinski definition) is 1. The van der Waals surface area contributed by atoms with E-state index in [4.69, 9.17) is 0 Å². The molecule has 1 N–H and O–H groups in total. The van der Waals surface area contributed by atoms with Gasteiger partial charge in [0.2, 0.25) is 0 Å². The molecule has 0 aromatic carbocycles. The molecule has 0 amide bonds. The summed E-state index contributed by atoms with van der Waals surface area (Å²) < 4.78 is 1.89. The quantitative estimate of drug-likeness (QED) is 0.779. The first-order chi connectivity index (χ1) is 8.35. The summed E-state index contributed by atoms with van der Waals surface area (Å²) in [5.74, 6) is 0.916. The lowest BCUT2D eigenvalue weighted by Crippen LogP contribution is -2.32. The summed E-state index contributed by atoms with van der Waals surface area (Å²) >= 11 is 0. The van der Waals surface area contributed by atoms with Crippen LogP contribution in [-0.2, 0) is 13.1 Å². The van der Waals surface area contributed by atoms with Gasteiger partial charge in [-0.15, -0.1) is 5.10 Å². The Morgan fingerprint density at radius 3 is 3.12 bits per heavy atom. The van der Waals surface area contributed by atoms with E-state index in [2.05, 4.69) is 27.3 Å². The number of hydrogen-bond acceptors (Lipinski definition) is 5. The maximum absolute atomic E-state index is 9.28. The second-order valence-corrected chi connectivity index (χ2v) is 4.62. The molecule has 0 radical (unpaired) electrons. The van der Waals surface area contributed by atoms with Crippen molar-refractivity contribution in [3.8, 4) is 0 Å². The number of aryl methyl sites for hydroxylation is 1. The molecule has 0 spiro atoms. The van der Waals surface area contributed by atoms with E-state index in [-0.39, 0.29) is 12.6 Å². The van der Waals surface area contributed by atoms with Gasteiger partial charge >= 0.3 is 0 Å². The predicted octanol–water partition coefficient (Wildman–Crippen LogP) is 0.430. The van der Waals surface area contributed by atoms with Crippen molar-refractivity contribution in [2.75, 3.05) is 13.2 Å². The number of nitrogens with zero attached hydrogens (tertiary/aromatic N) is 5. The molecule has 1 saturated heterocycles. The topological polar surface area (TPSA) is 67.1 Å². The number of rotatable bonds is 6. The lowest BCUT2D eigenvalue weighted by atomic mass is 10.2. The van der Waals surface area contributed by atoms with Gasteiger partial charge in [0.15, 0.2) is 5.82 Å². The van der Waals surface area contributed by atoms with Gasteiger partial charge in [-0.25, -0.2) is 4.68 Å². The first-order valence-corrected chi connectivity index (χ1v) is 6.45. The molecule has 0 aliphatic carbocycles. The molecule has 0 bridgehead atoms. The summed E-state index contributed by atoms with van der Waals surface area (Å²) in [5, 5.41) is 21.1. The summed E-state index contributed by atoms with van der Waals surface area (Å²) in [6.07, 6.45) is 4.47. The summed E-state index contributed by atoms with van der Waals surface area (Å²) in [7, 11) is 0. The largest absolute Gasteiger partial charge is 0.395 e. The first kappa shape index (κ1) is 12.4. The highest BCUT2D eigenvalue weighted by Crippen LogP contribution is 2.18. The minimum atomic E-state index is 0.233. The van der Waals surface area contributed by atoms with E-state index in [9.17, 15) is 5.11 Å². The third kappa shape index (κ3) is 3.01. The monoisotopic (exact) mass is 239 g/mol. The molecular weight excluding hydrogens is 218 g/mol. The fourth-order valence-corrected chi connectivity index (χ4v) is 2.31. The number of tetrazole rings is 1. The normalized spacial score (nSPS) is 21.2. The number of aliphatic hydroxyl groups excluding tert-OH is 1. The standard InChI is InChI=1S/C11H21N5O/c1-2-3-7-16-11(12-13-14-16)8-15-6-4-5-10(15)9-17/h10,17H,2-9H2,1H3. The lowest BCUT2D eigenvalue weighted by Gasteiger charge is -2.21. The van der Waals surface area contributed by atoms with Crippen LogP contribution in [0.1, 0.15) is 38.4 Å². The van der Waals surface area contributed by atoms with Gasteiger partial charge in [0.1, 0.15) is 0 Å². The molecule has 0 saturated carbocycles. The van der Waals surface area contributed by atoms with Gasteiger partial charge in [-0.1, -0.05) is 13.3 Å². The number of unbranched alkanes of at least 4 members (excludes halogenated alkanes) is 1. The van der Waals surface area contributed by atoms with Crippen LogP contribution in [-0.4, -0.2) is 49.4 Å². The number of aromatic nitrogens is 4. The van der Waals surface area contributed by atoms with Crippen LogP contribution in [0.15, 0.2) is 0 Å². The van der Waals surface area contributed by atoms with Gasteiger partial charge in [-0.3, -0.25) is 4.90 Å². The van der Waals surface area contributed by atoms with Crippen molar-refractivity contribution in [2.24, 2.45) is 0 Å². The summed E-state index contributed by atoms with van der Waals surface area (Å²) in [4.78, 5) is 2.27. The maximum Gasteiger partial charge on any atom is 0.165 e. The Hall–Kier alpha value is -1.01. The molecule has 1 aliphatic heterocycles. The van der Waals surface area contributed by atoms with Gasteiger partial charge in [-0.05, 0) is 36.2 Å². The first-order valence-electron chi connectivity index (χ1n) is 6.45. The smallest absolute Gasteiger partial charge is 0.165 e. The SMILES string of the molecule is CCCCn1nnnc1CN1CCCC1CO. The fourth-order valence-electron chi connectivity index (χ4n) is 2.31. The van der Waals surface area contributed by atoms with E-state index in [1.807, 2.05) is 4.68 Å². The Labute approximate surface area is 102 Å². The van der Waals surface area contributed by atoms with E-state index >= 15 is 0 Å². The molecule has 2 rings (SSSR count). The molecule has 1 atom stereocenters. The van der Waals surface area contributed by atoms with Gasteiger partial charge in [0.05, 0.1) is 13.2 Å². The van der Waals surface area contributed by atoms with Crippen molar-refractivity contribution < 1.29 is 5.11 Å². The van der Waals surface area contributed by atoms with Crippen LogP contribution in [0.2, 0.25) is 0 Å². The average molecular weight is 239 g/mol. The van der Waals surface area contributed by atoms with Crippen LogP contribution in [0.4, 0.5) is 0 Å². The van der Waals surface area contributed by atoms with Crippen molar-refractivity contribution in [3.63, 3.8) is 0 Å². The van der Waals surface area contributed by atoms with Crippen LogP contribution in [0, 0.1) is 0 Å². The van der Waals surface area contributed by atoms with Crippen molar-refractivity contribution >= 4 is 0 Å². The Bertz CT molecular complexity index is 340. The summed E-state index contributed by atoms with van der Waals surface area (Å²) in [6, 6.07) is 0.284. The van der Waals surface area contributed by atoms with Crippen molar-refractivity contribution in [1.82, 2.24) is 25.1 Å². The molecule has 6 heteroatoms. The highest BCUT2D eigenvalue weighted by Gasteiger charge is 2.25. The maximum atomic E-state index is 9.28. The molecule has 2 heterocycles. The molecule has 1 aromatic rings. The van der Waals surface area contributed by atoms with Crippen LogP contribution in [0.5, 0.6) is 0 Å². The van der Waals surface area contributed by atoms with Crippen LogP contribution in [0.25, 0.3) is 0 Å². The molecule has 1 aromatic heterocycles. The summed E-state index contributed by atoms with van der Waals surface area (Å²) in [5.41, 5.74) is 0. The molecular formula is C11H21N5O. The Morgan fingerprint density at radius 2 is 2.35 bits per heavy atom. The number of likely N-dealkylation sites (tertiary alicyclic amines) is 1. The van der Waals surface area contributed by atoms with Crippen molar-refractivity contribution in [3.05, 3.63) is 5.82 Å². The van der Waals surface area contributed by atoms with Crippen molar-refractivity contribution in [2.45, 2.75) is 51.7 Å². The average Bonchev–Trinajstić information content (AvgIpc) is 2.96. The van der Waals surface area contributed by atoms with E-state index in [1.54, 1.807) is 0 Å². The van der Waals surface area contributed by atoms with E-state index in [0.29, 0.717) is 0 Å².